The van der Waals surface area contributed by atoms with Gasteiger partial charge in [-0.05, 0) is 22.0 Å². The Labute approximate surface area is 110 Å². The van der Waals surface area contributed by atoms with Crippen molar-refractivity contribution < 1.29 is 14.7 Å². The Morgan fingerprint density at radius 1 is 1.69 bits per heavy atom. The van der Waals surface area contributed by atoms with Crippen molar-refractivity contribution in [1.29, 1.82) is 0 Å². The summed E-state index contributed by atoms with van der Waals surface area (Å²) in [5.74, 6) is -1.24. The maximum absolute atomic E-state index is 11.0. The van der Waals surface area contributed by atoms with Crippen LogP contribution >= 0.6 is 38.9 Å². The highest BCUT2D eigenvalue weighted by molar-refractivity contribution is 9.10. The second-order valence-electron chi connectivity index (χ2n) is 3.12. The van der Waals surface area contributed by atoms with E-state index in [2.05, 4.69) is 21.2 Å². The summed E-state index contributed by atoms with van der Waals surface area (Å²) in [6.45, 7) is 1.35. The van der Waals surface area contributed by atoms with Crippen LogP contribution in [0.25, 0.3) is 0 Å². The zero-order valence-corrected chi connectivity index (χ0v) is 11.4. The molecule has 88 valence electrons. The number of thiophene rings is 1. The number of carboxylic acids is 1. The van der Waals surface area contributed by atoms with Gasteiger partial charge in [0.2, 0.25) is 5.91 Å². The lowest BCUT2D eigenvalue weighted by atomic mass is 10.1. The minimum atomic E-state index is -0.973. The van der Waals surface area contributed by atoms with Crippen LogP contribution in [0.2, 0.25) is 4.34 Å². The van der Waals surface area contributed by atoms with E-state index < -0.39 is 12.0 Å². The van der Waals surface area contributed by atoms with Crippen molar-refractivity contribution in [1.82, 2.24) is 5.32 Å². The van der Waals surface area contributed by atoms with Crippen LogP contribution in [0.4, 0.5) is 0 Å². The molecule has 1 unspecified atom stereocenters. The molecule has 7 heteroatoms. The van der Waals surface area contributed by atoms with Gasteiger partial charge in [-0.3, -0.25) is 9.59 Å². The number of carbonyl (C=O) groups excluding carboxylic acids is 1. The summed E-state index contributed by atoms with van der Waals surface area (Å²) in [7, 11) is 0. The highest BCUT2D eigenvalue weighted by Gasteiger charge is 2.19. The molecule has 4 nitrogen and oxygen atoms in total. The van der Waals surface area contributed by atoms with E-state index in [1.807, 2.05) is 0 Å². The molecule has 1 aromatic rings. The molecule has 0 aliphatic heterocycles. The lowest BCUT2D eigenvalue weighted by Crippen LogP contribution is -2.27. The van der Waals surface area contributed by atoms with Crippen LogP contribution in [0.3, 0.4) is 0 Å². The molecule has 0 bridgehead atoms. The van der Waals surface area contributed by atoms with Crippen LogP contribution in [-0.4, -0.2) is 17.0 Å². The van der Waals surface area contributed by atoms with Crippen LogP contribution < -0.4 is 5.32 Å². The van der Waals surface area contributed by atoms with Crippen molar-refractivity contribution in [3.8, 4) is 0 Å². The van der Waals surface area contributed by atoms with Crippen molar-refractivity contribution in [2.24, 2.45) is 0 Å². The molecule has 0 saturated carbocycles. The topological polar surface area (TPSA) is 66.4 Å². The van der Waals surface area contributed by atoms with Gasteiger partial charge in [-0.25, -0.2) is 0 Å². The first kappa shape index (κ1) is 13.5. The summed E-state index contributed by atoms with van der Waals surface area (Å²) in [6, 6.07) is 1.18. The maximum Gasteiger partial charge on any atom is 0.305 e. The molecule has 1 heterocycles. The number of rotatable bonds is 4. The van der Waals surface area contributed by atoms with Gasteiger partial charge >= 0.3 is 5.97 Å². The van der Waals surface area contributed by atoms with Gasteiger partial charge in [-0.15, -0.1) is 11.3 Å². The third-order valence-corrected chi connectivity index (χ3v) is 4.35. The van der Waals surface area contributed by atoms with Crippen LogP contribution in [0, 0.1) is 0 Å². The predicted molar refractivity (Wildman–Crippen MR) is 65.8 cm³/mol. The van der Waals surface area contributed by atoms with Crippen molar-refractivity contribution in [2.45, 2.75) is 19.4 Å². The summed E-state index contributed by atoms with van der Waals surface area (Å²) < 4.78 is 1.24. The third kappa shape index (κ3) is 3.77. The van der Waals surface area contributed by atoms with Crippen LogP contribution in [0.1, 0.15) is 24.3 Å². The largest absolute Gasteiger partial charge is 0.481 e. The molecule has 1 rings (SSSR count). The van der Waals surface area contributed by atoms with E-state index in [1.54, 1.807) is 6.07 Å². The van der Waals surface area contributed by atoms with E-state index in [0.717, 1.165) is 4.88 Å². The molecule has 1 atom stereocenters. The summed E-state index contributed by atoms with van der Waals surface area (Å²) in [4.78, 5) is 22.3. The normalized spacial score (nSPS) is 12.2. The Morgan fingerprint density at radius 2 is 2.31 bits per heavy atom. The van der Waals surface area contributed by atoms with E-state index in [0.29, 0.717) is 8.81 Å². The molecule has 0 radical (unpaired) electrons. The number of nitrogens with one attached hydrogen (secondary N) is 1. The van der Waals surface area contributed by atoms with Crippen LogP contribution in [0.5, 0.6) is 0 Å². The van der Waals surface area contributed by atoms with Gasteiger partial charge in [0, 0.05) is 16.3 Å². The van der Waals surface area contributed by atoms with Gasteiger partial charge in [0.05, 0.1) is 12.5 Å². The maximum atomic E-state index is 11.0. The molecule has 16 heavy (non-hydrogen) atoms. The summed E-state index contributed by atoms with van der Waals surface area (Å²) in [5, 5.41) is 11.3. The standard InChI is InChI=1S/C9H9BrClNO3S/c1-4(13)12-6(3-8(14)15)7-2-5(10)9(11)16-7/h2,6H,3H2,1H3,(H,12,13)(H,14,15). The molecule has 0 fully saturated rings. The second kappa shape index (κ2) is 5.65. The molecular weight excluding hydrogens is 318 g/mol. The van der Waals surface area contributed by atoms with Crippen molar-refractivity contribution in [3.05, 3.63) is 19.8 Å². The molecule has 0 saturated heterocycles. The first-order valence-electron chi connectivity index (χ1n) is 4.33. The van der Waals surface area contributed by atoms with Gasteiger partial charge < -0.3 is 10.4 Å². The van der Waals surface area contributed by atoms with E-state index in [1.165, 1.54) is 18.3 Å². The van der Waals surface area contributed by atoms with Crippen LogP contribution in [-0.2, 0) is 9.59 Å². The van der Waals surface area contributed by atoms with Gasteiger partial charge in [0.15, 0.2) is 0 Å². The van der Waals surface area contributed by atoms with Gasteiger partial charge in [0.25, 0.3) is 0 Å². The average molecular weight is 327 g/mol. The minimum absolute atomic E-state index is 0.164. The van der Waals surface area contributed by atoms with Crippen molar-refractivity contribution in [2.75, 3.05) is 0 Å². The molecule has 0 aliphatic carbocycles. The molecule has 0 aliphatic rings. The first-order chi connectivity index (χ1) is 7.40. The summed E-state index contributed by atoms with van der Waals surface area (Å²) in [5.41, 5.74) is 0. The van der Waals surface area contributed by atoms with Crippen molar-refractivity contribution >= 4 is 50.7 Å². The number of hydrogen-bond acceptors (Lipinski definition) is 3. The fourth-order valence-corrected chi connectivity index (χ4v) is 2.97. The Bertz CT molecular complexity index is 385. The average Bonchev–Trinajstić information content (AvgIpc) is 2.44. The van der Waals surface area contributed by atoms with E-state index in [-0.39, 0.29) is 12.3 Å². The highest BCUT2D eigenvalue weighted by Crippen LogP contribution is 2.36. The SMILES string of the molecule is CC(=O)NC(CC(=O)O)c1cc(Br)c(Cl)s1. The fourth-order valence-electron chi connectivity index (χ4n) is 1.18. The quantitative estimate of drug-likeness (QED) is 0.894. The zero-order valence-electron chi connectivity index (χ0n) is 8.29. The number of carboxylic acid groups (broad SMARTS) is 1. The lowest BCUT2D eigenvalue weighted by molar-refractivity contribution is -0.137. The Balaban J connectivity index is 2.90. The lowest BCUT2D eigenvalue weighted by Gasteiger charge is -2.13. The first-order valence-corrected chi connectivity index (χ1v) is 6.32. The second-order valence-corrected chi connectivity index (χ2v) is 5.66. The summed E-state index contributed by atoms with van der Waals surface area (Å²) >= 11 is 10.3. The van der Waals surface area contributed by atoms with E-state index in [9.17, 15) is 9.59 Å². The number of halogens is 2. The number of amides is 1. The molecule has 1 amide bonds. The van der Waals surface area contributed by atoms with E-state index in [4.69, 9.17) is 16.7 Å². The zero-order chi connectivity index (χ0) is 12.3. The highest BCUT2D eigenvalue weighted by atomic mass is 79.9. The number of carbonyl (C=O) groups is 2. The smallest absolute Gasteiger partial charge is 0.305 e. The minimum Gasteiger partial charge on any atom is -0.481 e. The third-order valence-electron chi connectivity index (χ3n) is 1.76. The Kier molecular flexibility index (Phi) is 4.76. The predicted octanol–water partition coefficient (Wildman–Crippen LogP) is 2.82. The molecule has 2 N–H and O–H groups in total. The van der Waals surface area contributed by atoms with Gasteiger partial charge in [0.1, 0.15) is 4.34 Å². The van der Waals surface area contributed by atoms with E-state index >= 15 is 0 Å². The monoisotopic (exact) mass is 325 g/mol. The molecule has 0 aromatic carbocycles. The summed E-state index contributed by atoms with van der Waals surface area (Å²) in [6.07, 6.45) is -0.164. The Morgan fingerprint density at radius 3 is 2.69 bits per heavy atom. The molecule has 0 spiro atoms. The van der Waals surface area contributed by atoms with Gasteiger partial charge in [-0.2, -0.15) is 0 Å². The number of hydrogen-bond donors (Lipinski definition) is 2. The molecular formula is C9H9BrClNO3S. The van der Waals surface area contributed by atoms with Gasteiger partial charge in [-0.1, -0.05) is 11.6 Å². The fraction of sp³-hybridized carbons (Fsp3) is 0.333. The van der Waals surface area contributed by atoms with Crippen LogP contribution in [0.15, 0.2) is 10.5 Å². The Hall–Kier alpha value is -0.590. The van der Waals surface area contributed by atoms with Crippen molar-refractivity contribution in [3.63, 3.8) is 0 Å². The molecule has 1 aromatic heterocycles. The number of aliphatic carboxylic acids is 1.